The number of hydrogen-bond acceptors (Lipinski definition) is 3. The number of carbonyl (C=O) groups excluding carboxylic acids is 1. The molecule has 1 aromatic carbocycles. The average molecular weight is 492 g/mol. The summed E-state index contributed by atoms with van der Waals surface area (Å²) in [6, 6.07) is 4.95. The summed E-state index contributed by atoms with van der Waals surface area (Å²) in [5, 5.41) is 6.30. The van der Waals surface area contributed by atoms with Crippen LogP contribution in [0, 0.1) is 12.7 Å². The van der Waals surface area contributed by atoms with Crippen molar-refractivity contribution in [3.63, 3.8) is 0 Å². The second kappa shape index (κ2) is 12.1. The van der Waals surface area contributed by atoms with Crippen molar-refractivity contribution < 1.29 is 13.9 Å². The Balaban J connectivity index is 0.00000364. The lowest BCUT2D eigenvalue weighted by Gasteiger charge is -2.24. The second-order valence-corrected chi connectivity index (χ2v) is 6.76. The fraction of sp³-hybridized carbons (Fsp3) is 0.579. The van der Waals surface area contributed by atoms with Gasteiger partial charge >= 0.3 is 0 Å². The van der Waals surface area contributed by atoms with Gasteiger partial charge in [0.25, 0.3) is 0 Å². The zero-order valence-corrected chi connectivity index (χ0v) is 18.6. The molecule has 1 amide bonds. The molecule has 8 heteroatoms. The van der Waals surface area contributed by atoms with E-state index in [1.807, 2.05) is 0 Å². The number of benzene rings is 1. The molecule has 0 saturated carbocycles. The second-order valence-electron chi connectivity index (χ2n) is 6.76. The zero-order chi connectivity index (χ0) is 18.9. The van der Waals surface area contributed by atoms with E-state index in [4.69, 9.17) is 4.74 Å². The van der Waals surface area contributed by atoms with Crippen molar-refractivity contribution >= 4 is 35.8 Å². The molecule has 2 rings (SSSR count). The molecule has 0 radical (unpaired) electrons. The third-order valence-corrected chi connectivity index (χ3v) is 4.32. The average Bonchev–Trinajstić information content (AvgIpc) is 2.64. The van der Waals surface area contributed by atoms with E-state index in [1.165, 1.54) is 17.4 Å². The summed E-state index contributed by atoms with van der Waals surface area (Å²) < 4.78 is 19.1. The van der Waals surface area contributed by atoms with E-state index in [9.17, 15) is 9.18 Å². The summed E-state index contributed by atoms with van der Waals surface area (Å²) in [4.78, 5) is 17.9. The van der Waals surface area contributed by atoms with E-state index in [0.717, 1.165) is 25.0 Å². The van der Waals surface area contributed by atoms with E-state index >= 15 is 0 Å². The molecular weight excluding hydrogens is 462 g/mol. The Morgan fingerprint density at radius 2 is 2.11 bits per heavy atom. The SMILES string of the molecule is Cc1cc(CN=C(NCC(=O)N(C)C)NCC2CCCCO2)ccc1F.I. The minimum absolute atomic E-state index is 0. The van der Waals surface area contributed by atoms with Gasteiger partial charge in [-0.15, -0.1) is 24.0 Å². The topological polar surface area (TPSA) is 66.0 Å². The van der Waals surface area contributed by atoms with Crippen molar-refractivity contribution in [2.45, 2.75) is 38.8 Å². The molecule has 1 aromatic rings. The largest absolute Gasteiger partial charge is 0.376 e. The van der Waals surface area contributed by atoms with Gasteiger partial charge in [-0.3, -0.25) is 4.79 Å². The van der Waals surface area contributed by atoms with Crippen LogP contribution in [0.25, 0.3) is 0 Å². The van der Waals surface area contributed by atoms with Gasteiger partial charge in [0.05, 0.1) is 19.2 Å². The maximum Gasteiger partial charge on any atom is 0.241 e. The smallest absolute Gasteiger partial charge is 0.241 e. The first-order chi connectivity index (χ1) is 12.5. The predicted molar refractivity (Wildman–Crippen MR) is 116 cm³/mol. The normalized spacial score (nSPS) is 17.0. The lowest BCUT2D eigenvalue weighted by atomic mass is 10.1. The van der Waals surface area contributed by atoms with Crippen molar-refractivity contribution in [2.24, 2.45) is 4.99 Å². The third kappa shape index (κ3) is 8.42. The van der Waals surface area contributed by atoms with Gasteiger partial charge in [0, 0.05) is 27.2 Å². The fourth-order valence-electron chi connectivity index (χ4n) is 2.65. The zero-order valence-electron chi connectivity index (χ0n) is 16.3. The Morgan fingerprint density at radius 1 is 1.33 bits per heavy atom. The molecule has 1 fully saturated rings. The van der Waals surface area contributed by atoms with Crippen LogP contribution >= 0.6 is 24.0 Å². The van der Waals surface area contributed by atoms with Gasteiger partial charge in [0.2, 0.25) is 5.91 Å². The van der Waals surface area contributed by atoms with Crippen LogP contribution in [-0.4, -0.2) is 56.7 Å². The van der Waals surface area contributed by atoms with Crippen LogP contribution < -0.4 is 10.6 Å². The molecule has 1 aliphatic rings. The van der Waals surface area contributed by atoms with Crippen molar-refractivity contribution in [1.82, 2.24) is 15.5 Å². The van der Waals surface area contributed by atoms with Crippen molar-refractivity contribution in [3.05, 3.63) is 35.1 Å². The minimum Gasteiger partial charge on any atom is -0.376 e. The van der Waals surface area contributed by atoms with Gasteiger partial charge in [-0.2, -0.15) is 0 Å². The predicted octanol–water partition coefficient (Wildman–Crippen LogP) is 2.44. The molecule has 0 aliphatic carbocycles. The molecule has 152 valence electrons. The van der Waals surface area contributed by atoms with E-state index in [1.54, 1.807) is 33.2 Å². The monoisotopic (exact) mass is 492 g/mol. The van der Waals surface area contributed by atoms with Gasteiger partial charge in [-0.1, -0.05) is 12.1 Å². The summed E-state index contributed by atoms with van der Waals surface area (Å²) in [6.45, 7) is 3.73. The van der Waals surface area contributed by atoms with Crippen LogP contribution in [0.4, 0.5) is 4.39 Å². The van der Waals surface area contributed by atoms with E-state index in [0.29, 0.717) is 24.6 Å². The summed E-state index contributed by atoms with van der Waals surface area (Å²) >= 11 is 0. The maximum atomic E-state index is 13.4. The van der Waals surface area contributed by atoms with Gasteiger partial charge in [0.1, 0.15) is 5.82 Å². The number of amides is 1. The van der Waals surface area contributed by atoms with E-state index in [2.05, 4.69) is 15.6 Å². The van der Waals surface area contributed by atoms with E-state index < -0.39 is 0 Å². The van der Waals surface area contributed by atoms with Gasteiger partial charge < -0.3 is 20.3 Å². The highest BCUT2D eigenvalue weighted by molar-refractivity contribution is 14.0. The van der Waals surface area contributed by atoms with Crippen LogP contribution in [0.3, 0.4) is 0 Å². The number of ether oxygens (including phenoxy) is 1. The lowest BCUT2D eigenvalue weighted by molar-refractivity contribution is -0.127. The highest BCUT2D eigenvalue weighted by Crippen LogP contribution is 2.12. The molecule has 1 saturated heterocycles. The maximum absolute atomic E-state index is 13.4. The number of rotatable bonds is 6. The first kappa shape index (κ1) is 23.6. The Hall–Kier alpha value is -1.42. The highest BCUT2D eigenvalue weighted by Gasteiger charge is 2.14. The summed E-state index contributed by atoms with van der Waals surface area (Å²) in [5.74, 6) is 0.294. The van der Waals surface area contributed by atoms with Crippen molar-refractivity contribution in [3.8, 4) is 0 Å². The standard InChI is InChI=1S/C19H29FN4O2.HI/c1-14-10-15(7-8-17(14)20)11-21-19(23-13-18(25)24(2)3)22-12-16-6-4-5-9-26-16;/h7-8,10,16H,4-6,9,11-13H2,1-3H3,(H2,21,22,23);1H. The number of hydrogen-bond donors (Lipinski definition) is 2. The van der Waals surface area contributed by atoms with Gasteiger partial charge in [-0.25, -0.2) is 9.38 Å². The summed E-state index contributed by atoms with van der Waals surface area (Å²) in [7, 11) is 3.43. The molecule has 2 N–H and O–H groups in total. The molecule has 1 heterocycles. The lowest BCUT2D eigenvalue weighted by Crippen LogP contribution is -2.45. The number of nitrogens with zero attached hydrogens (tertiary/aromatic N) is 2. The Kier molecular flexibility index (Phi) is 10.6. The minimum atomic E-state index is -0.222. The number of aryl methyl sites for hydroxylation is 1. The Morgan fingerprint density at radius 3 is 2.74 bits per heavy atom. The number of aliphatic imine (C=N–C) groups is 1. The van der Waals surface area contributed by atoms with Crippen LogP contribution in [0.15, 0.2) is 23.2 Å². The Bertz CT molecular complexity index is 634. The highest BCUT2D eigenvalue weighted by atomic mass is 127. The van der Waals surface area contributed by atoms with Crippen molar-refractivity contribution in [2.75, 3.05) is 33.8 Å². The molecule has 1 aliphatic heterocycles. The summed E-state index contributed by atoms with van der Waals surface area (Å²) in [5.41, 5.74) is 1.51. The fourth-order valence-corrected chi connectivity index (χ4v) is 2.65. The number of halogens is 2. The molecule has 1 atom stereocenters. The number of guanidine groups is 1. The third-order valence-electron chi connectivity index (χ3n) is 4.32. The molecule has 6 nitrogen and oxygen atoms in total. The molecule has 27 heavy (non-hydrogen) atoms. The molecule has 0 aromatic heterocycles. The molecule has 0 spiro atoms. The molecule has 0 bridgehead atoms. The summed E-state index contributed by atoms with van der Waals surface area (Å²) in [6.07, 6.45) is 3.46. The van der Waals surface area contributed by atoms with Crippen LogP contribution in [0.5, 0.6) is 0 Å². The molecule has 1 unspecified atom stereocenters. The van der Waals surface area contributed by atoms with Crippen LogP contribution in [-0.2, 0) is 16.1 Å². The van der Waals surface area contributed by atoms with E-state index in [-0.39, 0.29) is 48.3 Å². The van der Waals surface area contributed by atoms with Gasteiger partial charge in [-0.05, 0) is 43.4 Å². The first-order valence-corrected chi connectivity index (χ1v) is 9.04. The Labute approximate surface area is 178 Å². The van der Waals surface area contributed by atoms with Gasteiger partial charge in [0.15, 0.2) is 5.96 Å². The van der Waals surface area contributed by atoms with Crippen LogP contribution in [0.1, 0.15) is 30.4 Å². The van der Waals surface area contributed by atoms with Crippen molar-refractivity contribution in [1.29, 1.82) is 0 Å². The number of nitrogens with one attached hydrogen (secondary N) is 2. The quantitative estimate of drug-likeness (QED) is 0.364. The van der Waals surface area contributed by atoms with Crippen LogP contribution in [0.2, 0.25) is 0 Å². The first-order valence-electron chi connectivity index (χ1n) is 9.04. The number of carbonyl (C=O) groups is 1. The number of likely N-dealkylation sites (N-methyl/N-ethyl adjacent to an activating group) is 1. The molecular formula is C19H30FIN4O2.